The Hall–Kier alpha value is -2.45. The van der Waals surface area contributed by atoms with Crippen molar-refractivity contribution in [3.05, 3.63) is 36.0 Å². The molecule has 33 heavy (non-hydrogen) atoms. The molecule has 0 spiro atoms. The average Bonchev–Trinajstić information content (AvgIpc) is 2.79. The summed E-state index contributed by atoms with van der Waals surface area (Å²) in [5.41, 5.74) is 0.597. The molecule has 1 aromatic rings. The van der Waals surface area contributed by atoms with E-state index in [9.17, 15) is 9.59 Å². The van der Waals surface area contributed by atoms with E-state index in [0.717, 1.165) is 77.4 Å². The largest absolute Gasteiger partial charge is 0.354 e. The lowest BCUT2D eigenvalue weighted by atomic mass is 10.0. The van der Waals surface area contributed by atoms with E-state index in [4.69, 9.17) is 0 Å². The number of aromatic nitrogens is 1. The highest BCUT2D eigenvalue weighted by molar-refractivity contribution is 5.94. The molecule has 0 aromatic carbocycles. The third kappa shape index (κ3) is 6.12. The topological polar surface area (TPSA) is 72.0 Å². The molecule has 3 aliphatic rings. The lowest BCUT2D eigenvalue weighted by Crippen LogP contribution is -2.55. The number of rotatable bonds is 8. The molecule has 1 unspecified atom stereocenters. The Labute approximate surface area is 197 Å². The van der Waals surface area contributed by atoms with Crippen LogP contribution in [0.4, 0.5) is 5.82 Å². The van der Waals surface area contributed by atoms with Crippen LogP contribution in [0, 0.1) is 0 Å². The lowest BCUT2D eigenvalue weighted by molar-refractivity contribution is -0.134. The highest BCUT2D eigenvalue weighted by Crippen LogP contribution is 2.18. The van der Waals surface area contributed by atoms with Gasteiger partial charge in [0.25, 0.3) is 5.91 Å². The van der Waals surface area contributed by atoms with Crippen molar-refractivity contribution in [2.24, 2.45) is 0 Å². The molecular weight excluding hydrogens is 416 g/mol. The number of anilines is 1. The molecule has 8 nitrogen and oxygen atoms in total. The summed E-state index contributed by atoms with van der Waals surface area (Å²) in [7, 11) is 0. The van der Waals surface area contributed by atoms with E-state index in [1.165, 1.54) is 0 Å². The van der Waals surface area contributed by atoms with Crippen molar-refractivity contribution in [3.8, 4) is 0 Å². The number of carbonyl (C=O) groups is 2. The quantitative estimate of drug-likeness (QED) is 0.602. The van der Waals surface area contributed by atoms with E-state index in [0.29, 0.717) is 18.2 Å². The lowest BCUT2D eigenvalue weighted by Gasteiger charge is -2.41. The van der Waals surface area contributed by atoms with E-state index in [1.54, 1.807) is 6.20 Å². The second-order valence-electron chi connectivity index (χ2n) is 9.48. The number of nitrogens with zero attached hydrogens (tertiary/aromatic N) is 5. The smallest absolute Gasteiger partial charge is 0.253 e. The summed E-state index contributed by atoms with van der Waals surface area (Å²) in [5, 5.41) is 3.02. The molecule has 0 saturated carbocycles. The molecule has 1 N–H and O–H groups in total. The van der Waals surface area contributed by atoms with Gasteiger partial charge in [0, 0.05) is 70.6 Å². The fourth-order valence-corrected chi connectivity index (χ4v) is 4.78. The van der Waals surface area contributed by atoms with Crippen LogP contribution >= 0.6 is 0 Å². The molecule has 4 rings (SSSR count). The molecule has 8 heteroatoms. The van der Waals surface area contributed by atoms with Crippen molar-refractivity contribution in [1.29, 1.82) is 0 Å². The Morgan fingerprint density at radius 3 is 2.39 bits per heavy atom. The number of carbonyl (C=O) groups excluding carboxylic acids is 2. The van der Waals surface area contributed by atoms with E-state index in [1.807, 2.05) is 24.0 Å². The minimum Gasteiger partial charge on any atom is -0.354 e. The number of hydrogen-bond acceptors (Lipinski definition) is 6. The van der Waals surface area contributed by atoms with Crippen LogP contribution in [0.2, 0.25) is 0 Å². The van der Waals surface area contributed by atoms with Crippen molar-refractivity contribution in [2.75, 3.05) is 63.8 Å². The zero-order valence-electron chi connectivity index (χ0n) is 20.1. The Bertz CT molecular complexity index is 826. The molecule has 1 aliphatic carbocycles. The maximum atomic E-state index is 12.8. The SMILES string of the molecule is CCCC(C)NC(=O)c1ccc(N2CCN(CC(=O)N3CCN([C@@H]4C=CC4)CC3)CC2)nc1. The zero-order valence-corrected chi connectivity index (χ0v) is 20.1. The maximum absolute atomic E-state index is 12.8. The normalized spacial score (nSPS) is 22.7. The van der Waals surface area contributed by atoms with Crippen LogP contribution in [-0.2, 0) is 4.79 Å². The third-order valence-electron chi connectivity index (χ3n) is 7.04. The third-order valence-corrected chi connectivity index (χ3v) is 7.04. The summed E-state index contributed by atoms with van der Waals surface area (Å²) in [6.07, 6.45) is 9.32. The highest BCUT2D eigenvalue weighted by atomic mass is 16.2. The standard InChI is InChI=1S/C25H38N6O2/c1-3-5-20(2)27-25(33)21-8-9-23(26-18-21)30-12-10-28(11-13-30)19-24(32)31-16-14-29(15-17-31)22-6-4-7-22/h4,6,8-9,18,20,22H,3,5,7,10-17,19H2,1-2H3,(H,27,33)/t20?,22-/m1/s1. The predicted molar refractivity (Wildman–Crippen MR) is 130 cm³/mol. The molecule has 2 fully saturated rings. The number of amides is 2. The van der Waals surface area contributed by atoms with Crippen molar-refractivity contribution < 1.29 is 9.59 Å². The second-order valence-corrected chi connectivity index (χ2v) is 9.48. The van der Waals surface area contributed by atoms with Crippen molar-refractivity contribution in [3.63, 3.8) is 0 Å². The molecular formula is C25H38N6O2. The number of piperazine rings is 2. The molecule has 0 radical (unpaired) electrons. The van der Waals surface area contributed by atoms with Crippen molar-refractivity contribution in [2.45, 2.75) is 45.2 Å². The van der Waals surface area contributed by atoms with E-state index in [-0.39, 0.29) is 17.9 Å². The van der Waals surface area contributed by atoms with Gasteiger partial charge in [0.1, 0.15) is 5.82 Å². The van der Waals surface area contributed by atoms with Crippen LogP contribution in [0.15, 0.2) is 30.5 Å². The predicted octanol–water partition coefficient (Wildman–Crippen LogP) is 1.59. The molecule has 2 aliphatic heterocycles. The molecule has 180 valence electrons. The van der Waals surface area contributed by atoms with Gasteiger partial charge in [0.2, 0.25) is 5.91 Å². The summed E-state index contributed by atoms with van der Waals surface area (Å²) in [5.74, 6) is 1.07. The number of pyridine rings is 1. The fraction of sp³-hybridized carbons (Fsp3) is 0.640. The van der Waals surface area contributed by atoms with Crippen LogP contribution in [0.25, 0.3) is 0 Å². The number of hydrogen-bond donors (Lipinski definition) is 1. The van der Waals surface area contributed by atoms with Gasteiger partial charge in [-0.1, -0.05) is 25.5 Å². The minimum absolute atomic E-state index is 0.0664. The maximum Gasteiger partial charge on any atom is 0.253 e. The highest BCUT2D eigenvalue weighted by Gasteiger charge is 2.28. The Morgan fingerprint density at radius 2 is 1.82 bits per heavy atom. The fourth-order valence-electron chi connectivity index (χ4n) is 4.78. The molecule has 0 bridgehead atoms. The summed E-state index contributed by atoms with van der Waals surface area (Å²) in [6.45, 7) is 11.6. The van der Waals surface area contributed by atoms with Gasteiger partial charge in [-0.2, -0.15) is 0 Å². The van der Waals surface area contributed by atoms with E-state index >= 15 is 0 Å². The van der Waals surface area contributed by atoms with Crippen LogP contribution in [-0.4, -0.2) is 102 Å². The van der Waals surface area contributed by atoms with Crippen LogP contribution < -0.4 is 10.2 Å². The first kappa shape index (κ1) is 23.7. The van der Waals surface area contributed by atoms with Gasteiger partial charge < -0.3 is 15.1 Å². The summed E-state index contributed by atoms with van der Waals surface area (Å²) in [4.78, 5) is 38.7. The minimum atomic E-state index is -0.0664. The Balaban J connectivity index is 1.19. The molecule has 1 aromatic heterocycles. The van der Waals surface area contributed by atoms with Gasteiger partial charge in [0.15, 0.2) is 0 Å². The molecule has 2 amide bonds. The summed E-state index contributed by atoms with van der Waals surface area (Å²) < 4.78 is 0. The van der Waals surface area contributed by atoms with Gasteiger partial charge in [-0.05, 0) is 31.9 Å². The van der Waals surface area contributed by atoms with Crippen molar-refractivity contribution >= 4 is 17.6 Å². The Kier molecular flexibility index (Phi) is 7.98. The average molecular weight is 455 g/mol. The second kappa shape index (κ2) is 11.1. The monoisotopic (exact) mass is 454 g/mol. The van der Waals surface area contributed by atoms with Gasteiger partial charge in [-0.15, -0.1) is 0 Å². The van der Waals surface area contributed by atoms with Gasteiger partial charge in [0.05, 0.1) is 12.1 Å². The number of nitrogens with one attached hydrogen (secondary N) is 1. The zero-order chi connectivity index (χ0) is 23.2. The Morgan fingerprint density at radius 1 is 1.09 bits per heavy atom. The van der Waals surface area contributed by atoms with Gasteiger partial charge in [-0.25, -0.2) is 4.98 Å². The van der Waals surface area contributed by atoms with Crippen LogP contribution in [0.3, 0.4) is 0 Å². The summed E-state index contributed by atoms with van der Waals surface area (Å²) >= 11 is 0. The van der Waals surface area contributed by atoms with E-state index < -0.39 is 0 Å². The molecule has 2 saturated heterocycles. The summed E-state index contributed by atoms with van der Waals surface area (Å²) in [6, 6.07) is 4.54. The molecule has 3 heterocycles. The first-order valence-corrected chi connectivity index (χ1v) is 12.5. The first-order chi connectivity index (χ1) is 16.0. The van der Waals surface area contributed by atoms with Gasteiger partial charge >= 0.3 is 0 Å². The van der Waals surface area contributed by atoms with Crippen molar-refractivity contribution in [1.82, 2.24) is 25.0 Å². The van der Waals surface area contributed by atoms with Crippen LogP contribution in [0.1, 0.15) is 43.5 Å². The van der Waals surface area contributed by atoms with E-state index in [2.05, 4.69) is 44.1 Å². The van der Waals surface area contributed by atoms with Gasteiger partial charge in [-0.3, -0.25) is 19.4 Å². The molecule has 2 atom stereocenters. The van der Waals surface area contributed by atoms with Crippen LogP contribution in [0.5, 0.6) is 0 Å². The first-order valence-electron chi connectivity index (χ1n) is 12.5.